The van der Waals surface area contributed by atoms with Crippen LogP contribution in [0.3, 0.4) is 0 Å². The van der Waals surface area contributed by atoms with Crippen molar-refractivity contribution in [2.45, 2.75) is 26.2 Å². The fourth-order valence-electron chi connectivity index (χ4n) is 1.29. The number of esters is 1. The van der Waals surface area contributed by atoms with Gasteiger partial charge in [-0.3, -0.25) is 9.59 Å². The van der Waals surface area contributed by atoms with Gasteiger partial charge < -0.3 is 9.84 Å². The number of carbonyl (C=O) groups is 2. The van der Waals surface area contributed by atoms with Crippen molar-refractivity contribution in [3.05, 3.63) is 48.7 Å². The lowest BCUT2D eigenvalue weighted by atomic mass is 9.98. The summed E-state index contributed by atoms with van der Waals surface area (Å²) in [6, 6.07) is 9.89. The van der Waals surface area contributed by atoms with Gasteiger partial charge in [0.1, 0.15) is 0 Å². The Kier molecular flexibility index (Phi) is 7.94. The zero-order chi connectivity index (χ0) is 14.0. The van der Waals surface area contributed by atoms with E-state index in [4.69, 9.17) is 9.90 Å². The van der Waals surface area contributed by atoms with E-state index in [0.717, 1.165) is 12.5 Å². The molecule has 0 amide bonds. The maximum atomic E-state index is 11.1. The molecule has 1 atom stereocenters. The van der Waals surface area contributed by atoms with Crippen molar-refractivity contribution >= 4 is 11.9 Å². The molecule has 1 unspecified atom stereocenters. The van der Waals surface area contributed by atoms with E-state index < -0.39 is 5.97 Å². The smallest absolute Gasteiger partial charge is 0.311 e. The third-order valence-electron chi connectivity index (χ3n) is 2.06. The molecule has 98 valence electrons. The maximum Gasteiger partial charge on any atom is 0.311 e. The highest BCUT2D eigenvalue weighted by molar-refractivity contribution is 5.71. The molecule has 1 aromatic carbocycles. The van der Waals surface area contributed by atoms with Crippen molar-refractivity contribution in [2.75, 3.05) is 0 Å². The summed E-state index contributed by atoms with van der Waals surface area (Å²) in [6.45, 7) is 6.42. The molecule has 0 saturated carbocycles. The van der Waals surface area contributed by atoms with E-state index in [1.807, 2.05) is 37.3 Å². The molecule has 0 bridgehead atoms. The monoisotopic (exact) mass is 250 g/mol. The quantitative estimate of drug-likeness (QED) is 0.659. The molecule has 1 rings (SSSR count). The minimum Gasteiger partial charge on any atom is -0.481 e. The molecular weight excluding hydrogens is 232 g/mol. The van der Waals surface area contributed by atoms with Crippen LogP contribution in [0.15, 0.2) is 43.2 Å². The molecule has 0 radical (unpaired) electrons. The van der Waals surface area contributed by atoms with Gasteiger partial charge in [0, 0.05) is 6.92 Å². The van der Waals surface area contributed by atoms with Gasteiger partial charge in [0.15, 0.2) is 0 Å². The minimum atomic E-state index is -0.833. The first-order valence-corrected chi connectivity index (χ1v) is 5.52. The van der Waals surface area contributed by atoms with Crippen molar-refractivity contribution in [3.8, 4) is 0 Å². The van der Waals surface area contributed by atoms with Crippen molar-refractivity contribution in [1.29, 1.82) is 0 Å². The number of carbonyl (C=O) groups excluding carboxylic acids is 1. The second-order valence-corrected chi connectivity index (χ2v) is 3.69. The van der Waals surface area contributed by atoms with Crippen LogP contribution in [-0.4, -0.2) is 17.0 Å². The topological polar surface area (TPSA) is 63.6 Å². The molecule has 0 aliphatic carbocycles. The second kappa shape index (κ2) is 8.98. The first-order chi connectivity index (χ1) is 8.47. The largest absolute Gasteiger partial charge is 0.481 e. The summed E-state index contributed by atoms with van der Waals surface area (Å²) in [4.78, 5) is 20.1. The van der Waals surface area contributed by atoms with Crippen LogP contribution in [0.4, 0.5) is 0 Å². The van der Waals surface area contributed by atoms with Crippen LogP contribution in [-0.2, 0) is 14.3 Å². The van der Waals surface area contributed by atoms with Gasteiger partial charge in [-0.1, -0.05) is 43.8 Å². The summed E-state index contributed by atoms with van der Waals surface area (Å²) in [6.07, 6.45) is 1.55. The van der Waals surface area contributed by atoms with Gasteiger partial charge in [-0.2, -0.15) is 0 Å². The Balaban J connectivity index is 0.000000631. The number of carboxylic acid groups (broad SMARTS) is 1. The Bertz CT molecular complexity index is 380. The molecule has 0 spiro atoms. The number of carboxylic acids is 1. The van der Waals surface area contributed by atoms with E-state index in [9.17, 15) is 4.79 Å². The molecule has 0 saturated heterocycles. The molecule has 1 N–H and O–H groups in total. The number of aliphatic carboxylic acids is 1. The molecular formula is C14H18O4. The number of ether oxygens (including phenoxy) is 1. The molecule has 0 aromatic heterocycles. The minimum absolute atomic E-state index is 0.184. The highest BCUT2D eigenvalue weighted by atomic mass is 16.5. The average Bonchev–Trinajstić information content (AvgIpc) is 2.29. The van der Waals surface area contributed by atoms with Gasteiger partial charge >= 0.3 is 5.97 Å². The van der Waals surface area contributed by atoms with E-state index in [1.165, 1.54) is 6.26 Å². The van der Waals surface area contributed by atoms with Crippen LogP contribution in [0.5, 0.6) is 0 Å². The standard InChI is InChI=1S/C12H14O2.C2H4O2/c1-3-14-12(13)9-10(2)11-7-5-4-6-8-11;1-2(3)4/h3-8,10H,1,9H2,2H3;1H3,(H,3,4). The Morgan fingerprint density at radius 3 is 2.33 bits per heavy atom. The van der Waals surface area contributed by atoms with E-state index in [-0.39, 0.29) is 11.9 Å². The van der Waals surface area contributed by atoms with E-state index in [2.05, 4.69) is 11.3 Å². The number of hydrogen-bond acceptors (Lipinski definition) is 3. The van der Waals surface area contributed by atoms with Crippen molar-refractivity contribution in [1.82, 2.24) is 0 Å². The summed E-state index contributed by atoms with van der Waals surface area (Å²) in [5, 5.41) is 7.42. The van der Waals surface area contributed by atoms with Crippen LogP contribution in [0, 0.1) is 0 Å². The van der Waals surface area contributed by atoms with Gasteiger partial charge in [0.25, 0.3) is 5.97 Å². The molecule has 0 heterocycles. The maximum absolute atomic E-state index is 11.1. The zero-order valence-electron chi connectivity index (χ0n) is 10.6. The van der Waals surface area contributed by atoms with Crippen molar-refractivity contribution < 1.29 is 19.4 Å². The predicted molar refractivity (Wildman–Crippen MR) is 69.1 cm³/mol. The summed E-state index contributed by atoms with van der Waals surface area (Å²) in [5.41, 5.74) is 1.15. The summed E-state index contributed by atoms with van der Waals surface area (Å²) >= 11 is 0. The number of hydrogen-bond donors (Lipinski definition) is 1. The third-order valence-corrected chi connectivity index (χ3v) is 2.06. The van der Waals surface area contributed by atoms with Gasteiger partial charge in [-0.25, -0.2) is 0 Å². The summed E-state index contributed by atoms with van der Waals surface area (Å²) < 4.78 is 4.66. The van der Waals surface area contributed by atoms with Crippen LogP contribution < -0.4 is 0 Å². The second-order valence-electron chi connectivity index (χ2n) is 3.69. The Morgan fingerprint density at radius 1 is 1.39 bits per heavy atom. The highest BCUT2D eigenvalue weighted by Crippen LogP contribution is 2.18. The molecule has 0 aliphatic rings. The summed E-state index contributed by atoms with van der Waals surface area (Å²) in [7, 11) is 0. The lowest BCUT2D eigenvalue weighted by Crippen LogP contribution is -2.05. The molecule has 0 aliphatic heterocycles. The van der Waals surface area contributed by atoms with Crippen molar-refractivity contribution in [3.63, 3.8) is 0 Å². The third kappa shape index (κ3) is 8.10. The fraction of sp³-hybridized carbons (Fsp3) is 0.286. The fourth-order valence-corrected chi connectivity index (χ4v) is 1.29. The first-order valence-electron chi connectivity index (χ1n) is 5.52. The van der Waals surface area contributed by atoms with E-state index in [1.54, 1.807) is 0 Å². The SMILES string of the molecule is C=COC(=O)CC(C)c1ccccc1.CC(=O)O. The molecule has 1 aromatic rings. The Hall–Kier alpha value is -2.10. The van der Waals surface area contributed by atoms with Gasteiger partial charge in [-0.15, -0.1) is 0 Å². The van der Waals surface area contributed by atoms with Crippen LogP contribution in [0.25, 0.3) is 0 Å². The van der Waals surface area contributed by atoms with E-state index in [0.29, 0.717) is 6.42 Å². The Morgan fingerprint density at radius 2 is 1.89 bits per heavy atom. The molecule has 4 nitrogen and oxygen atoms in total. The zero-order valence-corrected chi connectivity index (χ0v) is 10.6. The highest BCUT2D eigenvalue weighted by Gasteiger charge is 2.10. The van der Waals surface area contributed by atoms with E-state index >= 15 is 0 Å². The number of benzene rings is 1. The lowest BCUT2D eigenvalue weighted by Gasteiger charge is -2.09. The molecule has 18 heavy (non-hydrogen) atoms. The summed E-state index contributed by atoms with van der Waals surface area (Å²) in [5.74, 6) is -0.889. The lowest BCUT2D eigenvalue weighted by molar-refractivity contribution is -0.138. The molecule has 0 fully saturated rings. The van der Waals surface area contributed by atoms with Crippen LogP contribution in [0.1, 0.15) is 31.7 Å². The predicted octanol–water partition coefficient (Wildman–Crippen LogP) is 2.96. The van der Waals surface area contributed by atoms with Gasteiger partial charge in [-0.05, 0) is 11.5 Å². The number of rotatable bonds is 4. The van der Waals surface area contributed by atoms with Crippen LogP contribution in [0.2, 0.25) is 0 Å². The average molecular weight is 250 g/mol. The van der Waals surface area contributed by atoms with Crippen LogP contribution >= 0.6 is 0 Å². The van der Waals surface area contributed by atoms with Gasteiger partial charge in [0.2, 0.25) is 0 Å². The molecule has 4 heteroatoms. The van der Waals surface area contributed by atoms with Crippen molar-refractivity contribution in [2.24, 2.45) is 0 Å². The first kappa shape index (κ1) is 15.9. The van der Waals surface area contributed by atoms with Gasteiger partial charge in [0.05, 0.1) is 12.7 Å². The Labute approximate surface area is 107 Å². The normalized spacial score (nSPS) is 10.6.